The summed E-state index contributed by atoms with van der Waals surface area (Å²) < 4.78 is 0. The fraction of sp³-hybridized carbons (Fsp3) is 0.700. The van der Waals surface area contributed by atoms with Gasteiger partial charge in [0, 0.05) is 71.9 Å². The Hall–Kier alpha value is -4.79. The van der Waals surface area contributed by atoms with Crippen molar-refractivity contribution < 1.29 is 78.3 Å². The highest BCUT2D eigenvalue weighted by Crippen LogP contribution is 2.09. The summed E-state index contributed by atoms with van der Waals surface area (Å²) in [6, 6.07) is -1.01. The molecule has 1 unspecified atom stereocenters. The lowest BCUT2D eigenvalue weighted by atomic mass is 10.1. The van der Waals surface area contributed by atoms with Crippen LogP contribution in [0.1, 0.15) is 20.3 Å². The van der Waals surface area contributed by atoms with Gasteiger partial charge in [0.15, 0.2) is 0 Å². The van der Waals surface area contributed by atoms with Crippen LogP contribution < -0.4 is 0 Å². The van der Waals surface area contributed by atoms with Crippen molar-refractivity contribution in [3.8, 4) is 0 Å². The Morgan fingerprint density at radius 3 is 1.25 bits per heavy atom. The minimum Gasteiger partial charge on any atom is -0.480 e. The number of carboxylic acids is 5. The number of likely N-dealkylation sites (N-methyl/N-ethyl adjacent to an activating group) is 1. The van der Waals surface area contributed by atoms with Crippen LogP contribution in [-0.2, 0) is 52.7 Å². The molecule has 0 aromatic carbocycles. The van der Waals surface area contributed by atoms with Gasteiger partial charge in [0.1, 0.15) is 17.6 Å². The van der Waals surface area contributed by atoms with Gasteiger partial charge in [0.05, 0.1) is 32.7 Å². The minimum atomic E-state index is -1.12. The largest absolute Gasteiger partial charge is 0.480 e. The van der Waals surface area contributed by atoms with Gasteiger partial charge in [-0.25, -0.2) is 0 Å². The van der Waals surface area contributed by atoms with Gasteiger partial charge in [-0.15, -0.1) is 0 Å². The number of nitrogens with zero attached hydrogens (tertiary/aromatic N) is 6. The van der Waals surface area contributed by atoms with E-state index in [0.717, 1.165) is 0 Å². The molecule has 1 aliphatic rings. The molecule has 0 saturated carbocycles. The molecule has 22 nitrogen and oxygen atoms in total. The zero-order valence-corrected chi connectivity index (χ0v) is 29.8. The third-order valence-electron chi connectivity index (χ3n) is 6.82. The smallest absolute Gasteiger partial charge is 0.373 e. The van der Waals surface area contributed by atoms with Gasteiger partial charge in [0.2, 0.25) is 0 Å². The van der Waals surface area contributed by atoms with Crippen molar-refractivity contribution in [2.45, 2.75) is 26.3 Å². The first kappa shape index (κ1) is 51.6. The van der Waals surface area contributed by atoms with Crippen LogP contribution >= 0.6 is 0 Å². The van der Waals surface area contributed by atoms with E-state index in [1.54, 1.807) is 19.6 Å². The SMILES string of the molecule is CC(=O)CC(C(=O)O)N1CCN(CC(=O)O)CCN(CC(=O)O)CC1.CC(=O)CN(CCN(CCN(C)C)CC(=O)O)CC(=O)O.O=C=O.O=C=O. The molecule has 52 heavy (non-hydrogen) atoms. The third kappa shape index (κ3) is 32.4. The lowest BCUT2D eigenvalue weighted by Gasteiger charge is -2.30. The van der Waals surface area contributed by atoms with Crippen LogP contribution in [0.15, 0.2) is 0 Å². The summed E-state index contributed by atoms with van der Waals surface area (Å²) in [7, 11) is 3.79. The Bertz CT molecular complexity index is 1150. The van der Waals surface area contributed by atoms with Gasteiger partial charge < -0.3 is 30.4 Å². The standard InChI is InChI=1S/C15H25N3O7.C13H25N3O5.2CO2/c1-11(19)8-12(15(24)25)18-6-4-16(9-13(20)21)2-3-17(5-7-18)10-14(22)23;1-11(17)8-16(10-13(20)21)7-6-15(9-12(18)19)5-4-14(2)3;2*2-1-3/h12H,2-10H2,1H3,(H,20,21)(H,22,23)(H,24,25);4-10H2,1-3H3,(H,18,19)(H,20,21);;. The van der Waals surface area contributed by atoms with Crippen molar-refractivity contribution in [1.82, 2.24) is 29.4 Å². The Balaban J connectivity index is -0.000000810. The molecule has 1 saturated heterocycles. The van der Waals surface area contributed by atoms with Crippen LogP contribution in [0, 0.1) is 0 Å². The summed E-state index contributed by atoms with van der Waals surface area (Å²) in [6.07, 6.45) is 0.354. The molecule has 0 bridgehead atoms. The predicted octanol–water partition coefficient (Wildman–Crippen LogP) is -3.75. The van der Waals surface area contributed by atoms with Crippen LogP contribution in [0.2, 0.25) is 0 Å². The van der Waals surface area contributed by atoms with Gasteiger partial charge >= 0.3 is 42.1 Å². The molecule has 22 heteroatoms. The van der Waals surface area contributed by atoms with E-state index < -0.39 is 35.9 Å². The van der Waals surface area contributed by atoms with Crippen molar-refractivity contribution >= 4 is 53.7 Å². The number of ketones is 2. The average Bonchev–Trinajstić information content (AvgIpc) is 3.08. The molecule has 1 rings (SSSR count). The van der Waals surface area contributed by atoms with E-state index >= 15 is 0 Å². The summed E-state index contributed by atoms with van der Waals surface area (Å²) in [5.41, 5.74) is 0. The van der Waals surface area contributed by atoms with E-state index in [1.165, 1.54) is 18.7 Å². The zero-order chi connectivity index (χ0) is 40.8. The van der Waals surface area contributed by atoms with Crippen molar-refractivity contribution in [2.75, 3.05) is 112 Å². The van der Waals surface area contributed by atoms with Crippen LogP contribution in [0.5, 0.6) is 0 Å². The Labute approximate surface area is 300 Å². The van der Waals surface area contributed by atoms with Crippen LogP contribution in [0.25, 0.3) is 0 Å². The van der Waals surface area contributed by atoms with E-state index in [-0.39, 0.29) is 63.0 Å². The van der Waals surface area contributed by atoms with Gasteiger partial charge in [-0.05, 0) is 27.9 Å². The number of hydrogen-bond donors (Lipinski definition) is 5. The molecule has 1 atom stereocenters. The average molecular weight is 751 g/mol. The first-order valence-corrected chi connectivity index (χ1v) is 15.6. The normalized spacial score (nSPS) is 14.2. The molecule has 0 aliphatic carbocycles. The molecule has 0 amide bonds. The van der Waals surface area contributed by atoms with Crippen molar-refractivity contribution in [3.63, 3.8) is 0 Å². The Morgan fingerprint density at radius 2 is 0.923 bits per heavy atom. The lowest BCUT2D eigenvalue weighted by molar-refractivity contribution is -0.193. The Kier molecular flexibility index (Phi) is 30.7. The molecular weight excluding hydrogens is 700 g/mol. The first-order valence-electron chi connectivity index (χ1n) is 15.6. The molecule has 1 heterocycles. The van der Waals surface area contributed by atoms with Crippen LogP contribution in [0.3, 0.4) is 0 Å². The van der Waals surface area contributed by atoms with Gasteiger partial charge in [-0.2, -0.15) is 19.2 Å². The summed E-state index contributed by atoms with van der Waals surface area (Å²) in [4.78, 5) is 120. The second-order valence-electron chi connectivity index (χ2n) is 11.6. The van der Waals surface area contributed by atoms with E-state index in [9.17, 15) is 38.7 Å². The molecular formula is C30H50N6O16. The maximum Gasteiger partial charge on any atom is 0.373 e. The highest BCUT2D eigenvalue weighted by Gasteiger charge is 2.29. The van der Waals surface area contributed by atoms with Crippen LogP contribution in [-0.4, -0.2) is 227 Å². The second-order valence-corrected chi connectivity index (χ2v) is 11.6. The summed E-state index contributed by atoms with van der Waals surface area (Å²) in [6.45, 7) is 6.03. The fourth-order valence-corrected chi connectivity index (χ4v) is 4.62. The molecule has 5 N–H and O–H groups in total. The second kappa shape index (κ2) is 31.0. The number of rotatable bonds is 20. The summed E-state index contributed by atoms with van der Waals surface area (Å²) in [5, 5.41) is 45.1. The molecule has 1 fully saturated rings. The highest BCUT2D eigenvalue weighted by molar-refractivity contribution is 5.84. The predicted molar refractivity (Wildman–Crippen MR) is 174 cm³/mol. The number of carbonyl (C=O) groups excluding carboxylic acids is 6. The molecule has 1 aliphatic heterocycles. The van der Waals surface area contributed by atoms with E-state index in [2.05, 4.69) is 0 Å². The number of aliphatic carboxylic acids is 5. The first-order chi connectivity index (χ1) is 24.2. The zero-order valence-electron chi connectivity index (χ0n) is 29.8. The lowest BCUT2D eigenvalue weighted by Crippen LogP contribution is -2.47. The van der Waals surface area contributed by atoms with Crippen LogP contribution in [0.4, 0.5) is 0 Å². The number of hydrogen-bond acceptors (Lipinski definition) is 17. The maximum atomic E-state index is 11.5. The fourth-order valence-electron chi connectivity index (χ4n) is 4.62. The van der Waals surface area contributed by atoms with E-state index in [4.69, 9.17) is 39.6 Å². The molecule has 0 aromatic rings. The third-order valence-corrected chi connectivity index (χ3v) is 6.82. The topological polar surface area (TPSA) is 308 Å². The molecule has 296 valence electrons. The van der Waals surface area contributed by atoms with E-state index in [0.29, 0.717) is 65.4 Å². The van der Waals surface area contributed by atoms with Crippen molar-refractivity contribution in [3.05, 3.63) is 0 Å². The van der Waals surface area contributed by atoms with Crippen molar-refractivity contribution in [2.24, 2.45) is 0 Å². The monoisotopic (exact) mass is 750 g/mol. The summed E-state index contributed by atoms with van der Waals surface area (Å²) in [5.74, 6) is -5.43. The van der Waals surface area contributed by atoms with Crippen molar-refractivity contribution in [1.29, 1.82) is 0 Å². The van der Waals surface area contributed by atoms with E-state index in [1.807, 2.05) is 19.0 Å². The number of carbonyl (C=O) groups is 7. The number of Topliss-reactive ketones (excluding diaryl/α,β-unsaturated/α-hetero) is 2. The van der Waals surface area contributed by atoms with Gasteiger partial charge in [-0.3, -0.25) is 58.1 Å². The number of carboxylic acid groups (broad SMARTS) is 5. The molecule has 0 aromatic heterocycles. The minimum absolute atomic E-state index is 0.0564. The quantitative estimate of drug-likeness (QED) is 0.0798. The van der Waals surface area contributed by atoms with Gasteiger partial charge in [-0.1, -0.05) is 0 Å². The maximum absolute atomic E-state index is 11.5. The Morgan fingerprint density at radius 1 is 0.558 bits per heavy atom. The highest BCUT2D eigenvalue weighted by atomic mass is 16.4. The molecule has 0 radical (unpaired) electrons. The molecule has 0 spiro atoms. The summed E-state index contributed by atoms with van der Waals surface area (Å²) >= 11 is 0. The van der Waals surface area contributed by atoms with Gasteiger partial charge in [0.25, 0.3) is 0 Å².